The molecule has 0 aliphatic rings. The number of hydrogen-bond donors (Lipinski definition) is 1. The van der Waals surface area contributed by atoms with E-state index in [1.165, 1.54) is 0 Å². The monoisotopic (exact) mass is 221 g/mol. The van der Waals surface area contributed by atoms with E-state index in [0.29, 0.717) is 12.8 Å². The summed E-state index contributed by atoms with van der Waals surface area (Å²) >= 11 is 0. The Morgan fingerprint density at radius 3 is 2.36 bits per heavy atom. The van der Waals surface area contributed by atoms with Gasteiger partial charge in [0.15, 0.2) is 0 Å². The Balaban J connectivity index is 3.81. The second-order valence-electron chi connectivity index (χ2n) is 3.32. The van der Waals surface area contributed by atoms with Crippen molar-refractivity contribution < 1.29 is 13.2 Å². The number of carbonyl (C=O) groups excluding carboxylic acids is 1. The largest absolute Gasteiger partial charge is 0.322 e. The van der Waals surface area contributed by atoms with Crippen LogP contribution < -0.4 is 5.73 Å². The van der Waals surface area contributed by atoms with E-state index in [1.54, 1.807) is 6.92 Å². The summed E-state index contributed by atoms with van der Waals surface area (Å²) in [5, 5.41) is 0. The molecule has 4 nitrogen and oxygen atoms in total. The van der Waals surface area contributed by atoms with Crippen LogP contribution in [0.3, 0.4) is 0 Å². The van der Waals surface area contributed by atoms with Crippen molar-refractivity contribution in [3.63, 3.8) is 0 Å². The molecule has 0 amide bonds. The van der Waals surface area contributed by atoms with Gasteiger partial charge in [0.05, 0.1) is 11.8 Å². The summed E-state index contributed by atoms with van der Waals surface area (Å²) in [6.07, 6.45) is 1.27. The Morgan fingerprint density at radius 1 is 1.36 bits per heavy atom. The second-order valence-corrected chi connectivity index (χ2v) is 5.79. The number of carbonyl (C=O) groups is 1. The van der Waals surface area contributed by atoms with E-state index in [4.69, 9.17) is 5.73 Å². The van der Waals surface area contributed by atoms with Crippen LogP contribution in [0.5, 0.6) is 0 Å². The van der Waals surface area contributed by atoms with Crippen LogP contribution in [-0.4, -0.2) is 31.7 Å². The molecule has 2 N–H and O–H groups in total. The molecule has 0 radical (unpaired) electrons. The molecule has 0 aromatic rings. The molecular formula is C9H19NO3S. The highest BCUT2D eigenvalue weighted by atomic mass is 32.2. The molecule has 0 saturated heterocycles. The normalized spacial score (nSPS) is 13.9. The van der Waals surface area contributed by atoms with E-state index in [0.717, 1.165) is 0 Å². The van der Waals surface area contributed by atoms with E-state index in [2.05, 4.69) is 0 Å². The first kappa shape index (κ1) is 13.6. The molecule has 0 saturated carbocycles. The van der Waals surface area contributed by atoms with Gasteiger partial charge in [-0.1, -0.05) is 13.8 Å². The van der Waals surface area contributed by atoms with Crippen molar-refractivity contribution in [1.82, 2.24) is 0 Å². The van der Waals surface area contributed by atoms with E-state index >= 15 is 0 Å². The van der Waals surface area contributed by atoms with Crippen LogP contribution >= 0.6 is 0 Å². The van der Waals surface area contributed by atoms with Gasteiger partial charge in [0, 0.05) is 12.2 Å². The number of rotatable bonds is 7. The smallest absolute Gasteiger partial charge is 0.150 e. The molecule has 0 spiro atoms. The molecule has 5 heteroatoms. The Morgan fingerprint density at radius 2 is 1.93 bits per heavy atom. The summed E-state index contributed by atoms with van der Waals surface area (Å²) in [6.45, 7) is 3.44. The molecule has 14 heavy (non-hydrogen) atoms. The molecule has 1 atom stereocenters. The highest BCUT2D eigenvalue weighted by Crippen LogP contribution is 2.01. The van der Waals surface area contributed by atoms with Crippen LogP contribution in [0.25, 0.3) is 0 Å². The van der Waals surface area contributed by atoms with Gasteiger partial charge >= 0.3 is 0 Å². The summed E-state index contributed by atoms with van der Waals surface area (Å²) in [6, 6.07) is -0.431. The fraction of sp³-hybridized carbons (Fsp3) is 0.889. The number of nitrogens with two attached hydrogens (primary N) is 1. The minimum atomic E-state index is -2.94. The first-order valence-corrected chi connectivity index (χ1v) is 6.73. The second kappa shape index (κ2) is 6.14. The molecule has 0 aliphatic carbocycles. The lowest BCUT2D eigenvalue weighted by Gasteiger charge is -2.06. The highest BCUT2D eigenvalue weighted by molar-refractivity contribution is 7.91. The Hall–Kier alpha value is -0.420. The van der Waals surface area contributed by atoms with Gasteiger partial charge < -0.3 is 5.73 Å². The summed E-state index contributed by atoms with van der Waals surface area (Å²) in [5.74, 6) is 0.186. The Labute approximate surface area is 85.8 Å². The van der Waals surface area contributed by atoms with Crippen LogP contribution in [0, 0.1) is 0 Å². The maximum absolute atomic E-state index is 11.2. The predicted octanol–water partition coefficient (Wildman–Crippen LogP) is 0.508. The SMILES string of the molecule is CCC(N)C(=O)CCCS(=O)(=O)CC. The molecule has 0 heterocycles. The lowest BCUT2D eigenvalue weighted by atomic mass is 10.1. The van der Waals surface area contributed by atoms with Crippen molar-refractivity contribution in [1.29, 1.82) is 0 Å². The van der Waals surface area contributed by atoms with Crippen molar-refractivity contribution >= 4 is 15.6 Å². The van der Waals surface area contributed by atoms with E-state index in [-0.39, 0.29) is 23.7 Å². The molecule has 0 aromatic heterocycles. The molecule has 0 aromatic carbocycles. The third-order valence-corrected chi connectivity index (χ3v) is 3.96. The van der Waals surface area contributed by atoms with Gasteiger partial charge in [-0.05, 0) is 12.8 Å². The quantitative estimate of drug-likeness (QED) is 0.679. The zero-order valence-electron chi connectivity index (χ0n) is 8.82. The average Bonchev–Trinajstić information content (AvgIpc) is 2.16. The van der Waals surface area contributed by atoms with Gasteiger partial charge in [0.2, 0.25) is 0 Å². The topological polar surface area (TPSA) is 77.2 Å². The van der Waals surface area contributed by atoms with Gasteiger partial charge in [-0.15, -0.1) is 0 Å². The van der Waals surface area contributed by atoms with Crippen molar-refractivity contribution in [2.75, 3.05) is 11.5 Å². The van der Waals surface area contributed by atoms with Crippen molar-refractivity contribution in [2.24, 2.45) is 5.73 Å². The third-order valence-electron chi connectivity index (χ3n) is 2.17. The van der Waals surface area contributed by atoms with Gasteiger partial charge in [0.1, 0.15) is 15.6 Å². The minimum absolute atomic E-state index is 0.0428. The Kier molecular flexibility index (Phi) is 5.95. The first-order valence-electron chi connectivity index (χ1n) is 4.91. The van der Waals surface area contributed by atoms with Crippen LogP contribution in [0.1, 0.15) is 33.1 Å². The minimum Gasteiger partial charge on any atom is -0.322 e. The molecule has 1 unspecified atom stereocenters. The standard InChI is InChI=1S/C9H19NO3S/c1-3-8(10)9(11)6-5-7-14(12,13)4-2/h8H,3-7,10H2,1-2H3. The van der Waals surface area contributed by atoms with Gasteiger partial charge in [-0.2, -0.15) is 0 Å². The van der Waals surface area contributed by atoms with Crippen LogP contribution in [0.15, 0.2) is 0 Å². The van der Waals surface area contributed by atoms with Gasteiger partial charge in [-0.3, -0.25) is 4.79 Å². The number of Topliss-reactive ketones (excluding diaryl/α,β-unsaturated/α-hetero) is 1. The van der Waals surface area contributed by atoms with Gasteiger partial charge in [0.25, 0.3) is 0 Å². The zero-order chi connectivity index (χ0) is 11.2. The fourth-order valence-corrected chi connectivity index (χ4v) is 1.90. The van der Waals surface area contributed by atoms with Gasteiger partial charge in [-0.25, -0.2) is 8.42 Å². The lowest BCUT2D eigenvalue weighted by Crippen LogP contribution is -2.29. The maximum Gasteiger partial charge on any atom is 0.150 e. The first-order chi connectivity index (χ1) is 6.43. The van der Waals surface area contributed by atoms with Crippen molar-refractivity contribution in [3.05, 3.63) is 0 Å². The van der Waals surface area contributed by atoms with E-state index in [9.17, 15) is 13.2 Å². The number of sulfone groups is 1. The summed E-state index contributed by atoms with van der Waals surface area (Å²) < 4.78 is 22.2. The van der Waals surface area contributed by atoms with Crippen LogP contribution in [0.4, 0.5) is 0 Å². The lowest BCUT2D eigenvalue weighted by molar-refractivity contribution is -0.120. The van der Waals surface area contributed by atoms with Crippen molar-refractivity contribution in [3.8, 4) is 0 Å². The molecule has 0 bridgehead atoms. The number of hydrogen-bond acceptors (Lipinski definition) is 4. The average molecular weight is 221 g/mol. The summed E-state index contributed by atoms with van der Waals surface area (Å²) in [5.41, 5.74) is 5.50. The highest BCUT2D eigenvalue weighted by Gasteiger charge is 2.13. The van der Waals surface area contributed by atoms with Crippen LogP contribution in [0.2, 0.25) is 0 Å². The summed E-state index contributed by atoms with van der Waals surface area (Å²) in [4.78, 5) is 11.2. The third kappa shape index (κ3) is 5.34. The molecule has 84 valence electrons. The summed E-state index contributed by atoms with van der Waals surface area (Å²) in [7, 11) is -2.94. The molecule has 0 fully saturated rings. The maximum atomic E-state index is 11.2. The van der Waals surface area contributed by atoms with E-state index < -0.39 is 15.9 Å². The zero-order valence-corrected chi connectivity index (χ0v) is 9.64. The molecular weight excluding hydrogens is 202 g/mol. The van der Waals surface area contributed by atoms with E-state index in [1.807, 2.05) is 6.92 Å². The van der Waals surface area contributed by atoms with Crippen molar-refractivity contribution in [2.45, 2.75) is 39.2 Å². The molecule has 0 aliphatic heterocycles. The number of ketones is 1. The van der Waals surface area contributed by atoms with Crippen LogP contribution in [-0.2, 0) is 14.6 Å². The predicted molar refractivity (Wildman–Crippen MR) is 56.8 cm³/mol. The fourth-order valence-electron chi connectivity index (χ4n) is 1.02. The molecule has 0 rings (SSSR count). The Bertz CT molecular complexity index is 272.